The number of rotatable bonds is 2. The summed E-state index contributed by atoms with van der Waals surface area (Å²) in [6, 6.07) is 15.4. The maximum Gasteiger partial charge on any atom is 0.228 e. The minimum atomic E-state index is -0.406. The normalized spacial score (nSPS) is 37.5. The number of fused-ring (bicyclic) bond motifs is 4. The van der Waals surface area contributed by atoms with Crippen LogP contribution < -0.4 is 16.0 Å². The van der Waals surface area contributed by atoms with Crippen molar-refractivity contribution < 1.29 is 9.59 Å². The summed E-state index contributed by atoms with van der Waals surface area (Å²) < 4.78 is 0. The van der Waals surface area contributed by atoms with Gasteiger partial charge in [0.15, 0.2) is 5.78 Å². The highest BCUT2D eigenvalue weighted by Gasteiger charge is 2.57. The van der Waals surface area contributed by atoms with Crippen LogP contribution in [0.1, 0.15) is 53.7 Å². The molecule has 6 nitrogen and oxygen atoms in total. The van der Waals surface area contributed by atoms with Crippen LogP contribution in [0.5, 0.6) is 0 Å². The van der Waals surface area contributed by atoms with Gasteiger partial charge in [-0.05, 0) is 41.5 Å². The molecule has 3 heterocycles. The summed E-state index contributed by atoms with van der Waals surface area (Å²) >= 11 is 6.18. The van der Waals surface area contributed by atoms with E-state index in [0.29, 0.717) is 16.9 Å². The molecule has 178 valence electrons. The van der Waals surface area contributed by atoms with Crippen molar-refractivity contribution in [1.29, 1.82) is 0 Å². The number of nitrogens with zero attached hydrogens (tertiary/aromatic N) is 1. The monoisotopic (exact) mass is 478 g/mol. The molecule has 0 radical (unpaired) electrons. The Bertz CT molecular complexity index is 1110. The van der Waals surface area contributed by atoms with Gasteiger partial charge in [0.25, 0.3) is 0 Å². The molecule has 4 aliphatic rings. The first kappa shape index (κ1) is 22.2. The average molecular weight is 479 g/mol. The molecule has 0 saturated carbocycles. The minimum absolute atomic E-state index is 0.00529. The zero-order chi connectivity index (χ0) is 23.6. The second kappa shape index (κ2) is 8.45. The summed E-state index contributed by atoms with van der Waals surface area (Å²) in [7, 11) is 0. The molecule has 2 aromatic carbocycles. The molecule has 3 saturated heterocycles. The van der Waals surface area contributed by atoms with E-state index in [4.69, 9.17) is 11.6 Å². The molecule has 8 unspecified atom stereocenters. The van der Waals surface area contributed by atoms with Crippen LogP contribution >= 0.6 is 11.6 Å². The van der Waals surface area contributed by atoms with Crippen molar-refractivity contribution in [3.8, 4) is 0 Å². The topological polar surface area (TPSA) is 73.5 Å². The zero-order valence-corrected chi connectivity index (χ0v) is 20.3. The number of piperidine rings is 2. The smallest absolute Gasteiger partial charge is 0.228 e. The predicted molar refractivity (Wildman–Crippen MR) is 131 cm³/mol. The molecule has 3 aliphatic heterocycles. The van der Waals surface area contributed by atoms with E-state index in [0.717, 1.165) is 29.8 Å². The number of carbonyl (C=O) groups is 2. The van der Waals surface area contributed by atoms with Crippen molar-refractivity contribution in [2.75, 3.05) is 13.1 Å². The molecule has 0 bridgehead atoms. The fourth-order valence-corrected chi connectivity index (χ4v) is 7.06. The van der Waals surface area contributed by atoms with Crippen molar-refractivity contribution in [2.24, 2.45) is 23.7 Å². The Balaban J connectivity index is 1.38. The highest BCUT2D eigenvalue weighted by molar-refractivity contribution is 6.30. The molecule has 34 heavy (non-hydrogen) atoms. The van der Waals surface area contributed by atoms with Crippen molar-refractivity contribution in [3.05, 3.63) is 70.2 Å². The van der Waals surface area contributed by atoms with Gasteiger partial charge in [-0.25, -0.2) is 0 Å². The third-order valence-corrected chi connectivity index (χ3v) is 8.40. The highest BCUT2D eigenvalue weighted by Crippen LogP contribution is 2.51. The van der Waals surface area contributed by atoms with Gasteiger partial charge in [0, 0.05) is 41.6 Å². The lowest BCUT2D eigenvalue weighted by Gasteiger charge is -2.52. The second-order valence-corrected chi connectivity index (χ2v) is 11.1. The van der Waals surface area contributed by atoms with Crippen LogP contribution in [0.15, 0.2) is 48.5 Å². The summed E-state index contributed by atoms with van der Waals surface area (Å²) in [4.78, 5) is 29.7. The van der Waals surface area contributed by atoms with Crippen LogP contribution in [-0.2, 0) is 4.79 Å². The zero-order valence-electron chi connectivity index (χ0n) is 19.5. The number of nitrogens with one attached hydrogen (secondary N) is 3. The van der Waals surface area contributed by atoms with E-state index in [1.807, 2.05) is 48.5 Å². The number of halogens is 1. The van der Waals surface area contributed by atoms with Crippen molar-refractivity contribution in [3.63, 3.8) is 0 Å². The Kier molecular flexibility index (Phi) is 5.52. The van der Waals surface area contributed by atoms with Crippen molar-refractivity contribution in [2.45, 2.75) is 44.7 Å². The molecule has 2 aromatic rings. The quantitative estimate of drug-likeness (QED) is 0.616. The fourth-order valence-electron chi connectivity index (χ4n) is 6.94. The summed E-state index contributed by atoms with van der Waals surface area (Å²) in [5, 5.41) is 11.3. The first-order valence-corrected chi connectivity index (χ1v) is 12.7. The van der Waals surface area contributed by atoms with E-state index >= 15 is 0 Å². The van der Waals surface area contributed by atoms with Crippen molar-refractivity contribution >= 4 is 23.3 Å². The van der Waals surface area contributed by atoms with Gasteiger partial charge in [0.2, 0.25) is 5.91 Å². The number of hydrogen-bond acceptors (Lipinski definition) is 5. The number of ketones is 1. The minimum Gasteiger partial charge on any atom is -0.328 e. The van der Waals surface area contributed by atoms with Gasteiger partial charge in [-0.15, -0.1) is 0 Å². The van der Waals surface area contributed by atoms with E-state index in [1.54, 1.807) is 0 Å². The largest absolute Gasteiger partial charge is 0.328 e. The molecule has 3 fully saturated rings. The van der Waals surface area contributed by atoms with Gasteiger partial charge in [-0.2, -0.15) is 0 Å². The summed E-state index contributed by atoms with van der Waals surface area (Å²) in [6.07, 6.45) is 0.747. The number of carbonyl (C=O) groups excluding carboxylic acids is 2. The van der Waals surface area contributed by atoms with Crippen molar-refractivity contribution in [1.82, 2.24) is 20.9 Å². The van der Waals surface area contributed by atoms with Crippen LogP contribution in [0.25, 0.3) is 0 Å². The Morgan fingerprint density at radius 2 is 1.59 bits per heavy atom. The third-order valence-electron chi connectivity index (χ3n) is 8.15. The molecule has 1 amide bonds. The van der Waals surface area contributed by atoms with E-state index < -0.39 is 5.92 Å². The Morgan fingerprint density at radius 1 is 0.882 bits per heavy atom. The van der Waals surface area contributed by atoms with Gasteiger partial charge in [-0.3, -0.25) is 25.1 Å². The number of amides is 1. The lowest BCUT2D eigenvalue weighted by atomic mass is 9.68. The van der Waals surface area contributed by atoms with Gasteiger partial charge in [0.1, 0.15) is 6.29 Å². The van der Waals surface area contributed by atoms with Crippen LogP contribution in [-0.4, -0.2) is 42.1 Å². The molecule has 8 atom stereocenters. The van der Waals surface area contributed by atoms with E-state index in [1.165, 1.54) is 6.42 Å². The highest BCUT2D eigenvalue weighted by atomic mass is 35.5. The van der Waals surface area contributed by atoms with Gasteiger partial charge < -0.3 is 5.32 Å². The third kappa shape index (κ3) is 3.59. The fraction of sp³-hybridized carbons (Fsp3) is 0.481. The summed E-state index contributed by atoms with van der Waals surface area (Å²) in [6.45, 7) is 6.45. The number of hydrogen-bond donors (Lipinski definition) is 3. The van der Waals surface area contributed by atoms with Crippen LogP contribution in [0.4, 0.5) is 0 Å². The Morgan fingerprint density at radius 3 is 2.32 bits per heavy atom. The first-order valence-electron chi connectivity index (χ1n) is 12.4. The van der Waals surface area contributed by atoms with E-state index in [2.05, 4.69) is 34.7 Å². The molecule has 0 aromatic heterocycles. The number of likely N-dealkylation sites (tertiary alicyclic amines) is 1. The standard InChI is InChI=1S/C27H31ClN4O2/c1-14-11-15(2)13-32(12-14)27-30-25-22(26(34)31-27)20(16-7-9-17(28)10-8-16)21-23(29-25)18-5-3-4-6-19(18)24(21)33/h3-10,14-15,20-23,25,27,29-30H,11-13H2,1-2H3,(H,31,34). The molecule has 3 N–H and O–H groups in total. The molecule has 6 rings (SSSR count). The Hall–Kier alpha value is -2.25. The second-order valence-electron chi connectivity index (χ2n) is 10.7. The summed E-state index contributed by atoms with van der Waals surface area (Å²) in [5.74, 6) is 0.293. The van der Waals surface area contributed by atoms with E-state index in [9.17, 15) is 9.59 Å². The first-order chi connectivity index (χ1) is 16.4. The van der Waals surface area contributed by atoms with E-state index in [-0.39, 0.29) is 42.0 Å². The van der Waals surface area contributed by atoms with Crippen LogP contribution in [0.3, 0.4) is 0 Å². The molecule has 0 spiro atoms. The Labute approximate surface area is 205 Å². The maximum absolute atomic E-state index is 13.7. The van der Waals surface area contributed by atoms with Crippen LogP contribution in [0.2, 0.25) is 5.02 Å². The molecule has 1 aliphatic carbocycles. The van der Waals surface area contributed by atoms with Gasteiger partial charge >= 0.3 is 0 Å². The van der Waals surface area contributed by atoms with Crippen LogP contribution in [0, 0.1) is 23.7 Å². The maximum atomic E-state index is 13.7. The lowest BCUT2D eigenvalue weighted by molar-refractivity contribution is -0.138. The summed E-state index contributed by atoms with van der Waals surface area (Å²) in [5.41, 5.74) is 2.77. The number of Topliss-reactive ketones (excluding diaryl/α,β-unsaturated/α-hetero) is 1. The SMILES string of the molecule is CC1CC(C)CN(C2NC(=O)C3C(NC4c5ccccc5C(=O)C4C3c3ccc(Cl)cc3)N2)C1. The van der Waals surface area contributed by atoms with Gasteiger partial charge in [-0.1, -0.05) is 61.8 Å². The van der Waals surface area contributed by atoms with Gasteiger partial charge in [0.05, 0.1) is 12.1 Å². The average Bonchev–Trinajstić information content (AvgIpc) is 3.09. The predicted octanol–water partition coefficient (Wildman–Crippen LogP) is 3.50. The molecular formula is C27H31ClN4O2. The number of benzene rings is 2. The molecule has 7 heteroatoms. The lowest BCUT2D eigenvalue weighted by Crippen LogP contribution is -2.74. The molecular weight excluding hydrogens is 448 g/mol.